The van der Waals surface area contributed by atoms with E-state index < -0.39 is 0 Å². The van der Waals surface area contributed by atoms with Crippen LogP contribution in [0.5, 0.6) is 0 Å². The molecule has 1 amide bonds. The fourth-order valence-corrected chi connectivity index (χ4v) is 1.10. The Labute approximate surface area is 64.8 Å². The maximum atomic E-state index is 10.9. The molecule has 0 saturated carbocycles. The molecule has 1 rings (SSSR count). The summed E-state index contributed by atoms with van der Waals surface area (Å²) in [5.74, 6) is -0.128. The number of likely N-dealkylation sites (tertiary alicyclic amines) is 1. The van der Waals surface area contributed by atoms with Crippen molar-refractivity contribution < 1.29 is 14.7 Å². The third-order valence-electron chi connectivity index (χ3n) is 1.65. The van der Waals surface area contributed by atoms with Gasteiger partial charge in [0.1, 0.15) is 0 Å². The summed E-state index contributed by atoms with van der Waals surface area (Å²) in [6.45, 7) is 0.803. The Morgan fingerprint density at radius 1 is 1.45 bits per heavy atom. The normalized spacial score (nSPS) is 18.1. The molecule has 1 aliphatic rings. The van der Waals surface area contributed by atoms with Crippen LogP contribution in [-0.2, 0) is 9.59 Å². The van der Waals surface area contributed by atoms with E-state index in [1.807, 2.05) is 0 Å². The van der Waals surface area contributed by atoms with Crippen molar-refractivity contribution in [2.75, 3.05) is 19.7 Å². The molecule has 0 aromatic rings. The zero-order chi connectivity index (χ0) is 8.27. The lowest BCUT2D eigenvalue weighted by atomic mass is 10.3. The molecule has 0 atom stereocenters. The van der Waals surface area contributed by atoms with Crippen LogP contribution in [0.15, 0.2) is 0 Å². The number of carbonyl (C=O) groups is 2. The highest BCUT2D eigenvalue weighted by atomic mass is 16.3. The average molecular weight is 157 g/mol. The Morgan fingerprint density at radius 2 is 2.18 bits per heavy atom. The fourth-order valence-electron chi connectivity index (χ4n) is 1.10. The lowest BCUT2D eigenvalue weighted by Crippen LogP contribution is -2.26. The zero-order valence-corrected chi connectivity index (χ0v) is 6.25. The maximum absolute atomic E-state index is 10.9. The van der Waals surface area contributed by atoms with Crippen molar-refractivity contribution in [3.05, 3.63) is 0 Å². The number of hydrogen-bond donors (Lipinski definition) is 1. The van der Waals surface area contributed by atoms with Crippen molar-refractivity contribution in [3.8, 4) is 0 Å². The lowest BCUT2D eigenvalue weighted by molar-refractivity contribution is -0.127. The summed E-state index contributed by atoms with van der Waals surface area (Å²) in [6, 6.07) is 0. The van der Waals surface area contributed by atoms with Crippen molar-refractivity contribution >= 4 is 11.7 Å². The van der Waals surface area contributed by atoms with Gasteiger partial charge in [0.15, 0.2) is 5.78 Å². The fraction of sp³-hybridized carbons (Fsp3) is 0.714. The van der Waals surface area contributed by atoms with Gasteiger partial charge < -0.3 is 10.0 Å². The molecule has 0 aromatic carbocycles. The van der Waals surface area contributed by atoms with Gasteiger partial charge in [-0.1, -0.05) is 0 Å². The van der Waals surface area contributed by atoms with Crippen LogP contribution in [-0.4, -0.2) is 41.4 Å². The van der Waals surface area contributed by atoms with Crippen LogP contribution in [0.2, 0.25) is 0 Å². The monoisotopic (exact) mass is 157 g/mol. The van der Waals surface area contributed by atoms with E-state index in [0.29, 0.717) is 13.0 Å². The average Bonchev–Trinajstić information content (AvgIpc) is 2.26. The smallest absolute Gasteiger partial charge is 0.230 e. The molecule has 62 valence electrons. The summed E-state index contributed by atoms with van der Waals surface area (Å²) in [5, 5.41) is 8.46. The lowest BCUT2D eigenvalue weighted by Gasteiger charge is -2.12. The van der Waals surface area contributed by atoms with E-state index in [1.54, 1.807) is 0 Å². The quantitative estimate of drug-likeness (QED) is 0.544. The predicted octanol–water partition coefficient (Wildman–Crippen LogP) is -0.830. The number of hydrogen-bond acceptors (Lipinski definition) is 3. The molecule has 1 heterocycles. The topological polar surface area (TPSA) is 57.6 Å². The Bertz CT molecular complexity index is 179. The van der Waals surface area contributed by atoms with Crippen molar-refractivity contribution in [1.82, 2.24) is 4.90 Å². The van der Waals surface area contributed by atoms with Crippen molar-refractivity contribution in [2.45, 2.75) is 12.8 Å². The van der Waals surface area contributed by atoms with Crippen molar-refractivity contribution in [2.24, 2.45) is 0 Å². The van der Waals surface area contributed by atoms with Gasteiger partial charge >= 0.3 is 0 Å². The number of carbonyl (C=O) groups excluding carboxylic acids is 2. The van der Waals surface area contributed by atoms with E-state index in [-0.39, 0.29) is 31.3 Å². The molecule has 1 N–H and O–H groups in total. The van der Waals surface area contributed by atoms with E-state index in [9.17, 15) is 9.59 Å². The Kier molecular flexibility index (Phi) is 2.59. The number of nitrogens with zero attached hydrogens (tertiary/aromatic N) is 1. The van der Waals surface area contributed by atoms with Gasteiger partial charge in [0.25, 0.3) is 0 Å². The standard InChI is InChI=1S/C7H11NO3/c9-3-1-2-8-5-6(10)4-7(8)11/h9H,1-5H2. The van der Waals surface area contributed by atoms with Crippen LogP contribution < -0.4 is 0 Å². The van der Waals surface area contributed by atoms with Gasteiger partial charge in [-0.2, -0.15) is 0 Å². The molecule has 0 spiro atoms. The third-order valence-corrected chi connectivity index (χ3v) is 1.65. The van der Waals surface area contributed by atoms with Crippen LogP contribution in [0.25, 0.3) is 0 Å². The molecule has 1 saturated heterocycles. The SMILES string of the molecule is O=C1CC(=O)N(CCCO)C1. The molecule has 0 aromatic heterocycles. The van der Waals surface area contributed by atoms with E-state index in [4.69, 9.17) is 5.11 Å². The summed E-state index contributed by atoms with van der Waals surface area (Å²) in [4.78, 5) is 23.1. The molecule has 1 fully saturated rings. The molecule has 4 nitrogen and oxygen atoms in total. The number of amides is 1. The first kappa shape index (κ1) is 8.20. The minimum Gasteiger partial charge on any atom is -0.396 e. The van der Waals surface area contributed by atoms with Gasteiger partial charge in [-0.25, -0.2) is 0 Å². The van der Waals surface area contributed by atoms with Crippen LogP contribution in [0.1, 0.15) is 12.8 Å². The number of ketones is 1. The largest absolute Gasteiger partial charge is 0.396 e. The van der Waals surface area contributed by atoms with Gasteiger partial charge in [0.05, 0.1) is 13.0 Å². The van der Waals surface area contributed by atoms with Crippen LogP contribution in [0.4, 0.5) is 0 Å². The predicted molar refractivity (Wildman–Crippen MR) is 37.9 cm³/mol. The minimum atomic E-state index is -0.108. The summed E-state index contributed by atoms with van der Waals surface area (Å²) in [7, 11) is 0. The van der Waals surface area contributed by atoms with Gasteiger partial charge in [-0.3, -0.25) is 9.59 Å². The second-order valence-electron chi connectivity index (χ2n) is 2.61. The highest BCUT2D eigenvalue weighted by molar-refractivity contribution is 6.05. The highest BCUT2D eigenvalue weighted by Crippen LogP contribution is 2.05. The summed E-state index contributed by atoms with van der Waals surface area (Å²) in [6.07, 6.45) is 0.602. The zero-order valence-electron chi connectivity index (χ0n) is 6.25. The first-order valence-corrected chi connectivity index (χ1v) is 3.64. The third kappa shape index (κ3) is 2.01. The van der Waals surface area contributed by atoms with Crippen molar-refractivity contribution in [1.29, 1.82) is 0 Å². The molecule has 0 bridgehead atoms. The number of aliphatic hydroxyl groups excluding tert-OH is 1. The van der Waals surface area contributed by atoms with E-state index in [1.165, 1.54) is 4.90 Å². The van der Waals surface area contributed by atoms with Gasteiger partial charge in [-0.05, 0) is 6.42 Å². The van der Waals surface area contributed by atoms with Gasteiger partial charge in [0.2, 0.25) is 5.91 Å². The van der Waals surface area contributed by atoms with Crippen LogP contribution >= 0.6 is 0 Å². The van der Waals surface area contributed by atoms with Gasteiger partial charge in [0, 0.05) is 13.2 Å². The van der Waals surface area contributed by atoms with Crippen molar-refractivity contribution in [3.63, 3.8) is 0 Å². The minimum absolute atomic E-state index is 0.0204. The summed E-state index contributed by atoms with van der Waals surface area (Å²) < 4.78 is 0. The molecular formula is C7H11NO3. The molecule has 4 heteroatoms. The number of Topliss-reactive ketones (excluding diaryl/α,β-unsaturated/α-hetero) is 1. The Hall–Kier alpha value is -0.900. The van der Waals surface area contributed by atoms with Gasteiger partial charge in [-0.15, -0.1) is 0 Å². The molecule has 0 aliphatic carbocycles. The number of aliphatic hydroxyl groups is 1. The first-order valence-electron chi connectivity index (χ1n) is 3.64. The second kappa shape index (κ2) is 3.48. The molecule has 0 unspecified atom stereocenters. The molecule has 0 radical (unpaired) electrons. The molecule has 1 aliphatic heterocycles. The van der Waals surface area contributed by atoms with E-state index >= 15 is 0 Å². The summed E-state index contributed by atoms with van der Waals surface area (Å²) in [5.41, 5.74) is 0. The van der Waals surface area contributed by atoms with Crippen LogP contribution in [0.3, 0.4) is 0 Å². The highest BCUT2D eigenvalue weighted by Gasteiger charge is 2.26. The summed E-state index contributed by atoms with van der Waals surface area (Å²) >= 11 is 0. The van der Waals surface area contributed by atoms with E-state index in [0.717, 1.165) is 0 Å². The first-order chi connectivity index (χ1) is 5.24. The van der Waals surface area contributed by atoms with Crippen LogP contribution in [0, 0.1) is 0 Å². The second-order valence-corrected chi connectivity index (χ2v) is 2.61. The molecular weight excluding hydrogens is 146 g/mol. The van der Waals surface area contributed by atoms with E-state index in [2.05, 4.69) is 0 Å². The Balaban J connectivity index is 2.34. The number of rotatable bonds is 3. The molecule has 11 heavy (non-hydrogen) atoms. The Morgan fingerprint density at radius 3 is 2.64 bits per heavy atom. The maximum Gasteiger partial charge on any atom is 0.230 e.